The van der Waals surface area contributed by atoms with Crippen LogP contribution in [-0.2, 0) is 14.3 Å². The van der Waals surface area contributed by atoms with Gasteiger partial charge >= 0.3 is 5.97 Å². The summed E-state index contributed by atoms with van der Waals surface area (Å²) >= 11 is 0. The van der Waals surface area contributed by atoms with E-state index in [1.807, 2.05) is 0 Å². The van der Waals surface area contributed by atoms with Crippen molar-refractivity contribution in [1.82, 2.24) is 5.32 Å². The molecule has 4 N–H and O–H groups in total. The zero-order valence-electron chi connectivity index (χ0n) is 12.6. The first-order valence-electron chi connectivity index (χ1n) is 7.14. The van der Waals surface area contributed by atoms with Gasteiger partial charge in [-0.3, -0.25) is 9.59 Å². The minimum absolute atomic E-state index is 0.126. The summed E-state index contributed by atoms with van der Waals surface area (Å²) in [7, 11) is 0. The number of hydrogen-bond acceptors (Lipinski definition) is 5. The number of ether oxygens (including phenoxy) is 1. The standard InChI is InChI=1S/C14H26N2O4/c1-4-20-11(17)10-5-7-14(19,8-6-10)9-16-13(2,3)12(15)18/h10,16,19H,4-9H2,1-3H3,(H2,15,18). The molecule has 0 bridgehead atoms. The Kier molecular flexibility index (Phi) is 5.53. The molecule has 0 aromatic rings. The van der Waals surface area contributed by atoms with Gasteiger partial charge in [0.2, 0.25) is 5.91 Å². The van der Waals surface area contributed by atoms with Crippen molar-refractivity contribution < 1.29 is 19.4 Å². The van der Waals surface area contributed by atoms with Gasteiger partial charge in [-0.15, -0.1) is 0 Å². The number of amides is 1. The molecular formula is C14H26N2O4. The lowest BCUT2D eigenvalue weighted by atomic mass is 9.78. The monoisotopic (exact) mass is 286 g/mol. The second kappa shape index (κ2) is 6.54. The molecule has 116 valence electrons. The Balaban J connectivity index is 2.46. The van der Waals surface area contributed by atoms with E-state index >= 15 is 0 Å². The fraction of sp³-hybridized carbons (Fsp3) is 0.857. The Morgan fingerprint density at radius 1 is 1.40 bits per heavy atom. The lowest BCUT2D eigenvalue weighted by Gasteiger charge is -2.37. The first-order chi connectivity index (χ1) is 9.20. The van der Waals surface area contributed by atoms with E-state index in [1.165, 1.54) is 0 Å². The maximum Gasteiger partial charge on any atom is 0.308 e. The Labute approximate surface area is 120 Å². The smallest absolute Gasteiger partial charge is 0.308 e. The van der Waals surface area contributed by atoms with Gasteiger partial charge in [0, 0.05) is 6.54 Å². The Bertz CT molecular complexity index is 360. The molecule has 6 nitrogen and oxygen atoms in total. The van der Waals surface area contributed by atoms with E-state index in [9.17, 15) is 14.7 Å². The molecule has 0 saturated heterocycles. The number of β-amino-alcohol motifs (C(OH)–C–C–N with tert-alkyl or cyclic N) is 1. The van der Waals surface area contributed by atoms with Gasteiger partial charge in [-0.25, -0.2) is 0 Å². The molecule has 6 heteroatoms. The van der Waals surface area contributed by atoms with Crippen molar-refractivity contribution in [2.45, 2.75) is 57.6 Å². The lowest BCUT2D eigenvalue weighted by molar-refractivity contribution is -0.151. The van der Waals surface area contributed by atoms with E-state index < -0.39 is 17.0 Å². The highest BCUT2D eigenvalue weighted by Crippen LogP contribution is 2.32. The zero-order valence-corrected chi connectivity index (χ0v) is 12.6. The summed E-state index contributed by atoms with van der Waals surface area (Å²) < 4.78 is 5.00. The highest BCUT2D eigenvalue weighted by Gasteiger charge is 2.38. The Hall–Kier alpha value is -1.14. The van der Waals surface area contributed by atoms with Crippen LogP contribution in [0.5, 0.6) is 0 Å². The predicted octanol–water partition coefficient (Wildman–Crippen LogP) is 0.324. The van der Waals surface area contributed by atoms with E-state index in [2.05, 4.69) is 5.32 Å². The van der Waals surface area contributed by atoms with Crippen LogP contribution in [0.3, 0.4) is 0 Å². The fourth-order valence-corrected chi connectivity index (χ4v) is 2.30. The fourth-order valence-electron chi connectivity index (χ4n) is 2.30. The van der Waals surface area contributed by atoms with Crippen molar-refractivity contribution in [3.05, 3.63) is 0 Å². The third-order valence-electron chi connectivity index (χ3n) is 4.01. The van der Waals surface area contributed by atoms with E-state index in [-0.39, 0.29) is 11.9 Å². The molecule has 1 saturated carbocycles. The second-order valence-electron chi connectivity index (χ2n) is 6.09. The third-order valence-corrected chi connectivity index (χ3v) is 4.01. The first kappa shape index (κ1) is 16.9. The average molecular weight is 286 g/mol. The van der Waals surface area contributed by atoms with Crippen LogP contribution in [0.15, 0.2) is 0 Å². The Morgan fingerprint density at radius 3 is 2.40 bits per heavy atom. The molecule has 1 fully saturated rings. The maximum absolute atomic E-state index is 11.6. The summed E-state index contributed by atoms with van der Waals surface area (Å²) in [5.41, 5.74) is 3.53. The van der Waals surface area contributed by atoms with Crippen molar-refractivity contribution in [1.29, 1.82) is 0 Å². The molecular weight excluding hydrogens is 260 g/mol. The first-order valence-corrected chi connectivity index (χ1v) is 7.14. The van der Waals surface area contributed by atoms with Gasteiger partial charge in [-0.2, -0.15) is 0 Å². The average Bonchev–Trinajstić information content (AvgIpc) is 2.38. The number of carbonyl (C=O) groups is 2. The maximum atomic E-state index is 11.6. The molecule has 1 aliphatic carbocycles. The number of primary amides is 1. The van der Waals surface area contributed by atoms with Gasteiger partial charge in [0.05, 0.1) is 23.7 Å². The van der Waals surface area contributed by atoms with Crippen LogP contribution in [0.2, 0.25) is 0 Å². The molecule has 0 heterocycles. The molecule has 1 amide bonds. The van der Waals surface area contributed by atoms with Crippen molar-refractivity contribution >= 4 is 11.9 Å². The molecule has 0 aliphatic heterocycles. The summed E-state index contributed by atoms with van der Waals surface area (Å²) in [5, 5.41) is 13.5. The normalized spacial score (nSPS) is 27.1. The second-order valence-corrected chi connectivity index (χ2v) is 6.09. The molecule has 0 atom stereocenters. The van der Waals surface area contributed by atoms with Crippen LogP contribution in [0.4, 0.5) is 0 Å². The summed E-state index contributed by atoms with van der Waals surface area (Å²) in [6.45, 7) is 5.82. The van der Waals surface area contributed by atoms with E-state index in [1.54, 1.807) is 20.8 Å². The van der Waals surface area contributed by atoms with Gasteiger partial charge in [-0.05, 0) is 46.5 Å². The molecule has 0 aromatic carbocycles. The summed E-state index contributed by atoms with van der Waals surface area (Å²) in [5.74, 6) is -0.763. The highest BCUT2D eigenvalue weighted by atomic mass is 16.5. The number of rotatable bonds is 6. The molecule has 0 radical (unpaired) electrons. The molecule has 0 spiro atoms. The summed E-state index contributed by atoms with van der Waals surface area (Å²) in [4.78, 5) is 22.9. The van der Waals surface area contributed by atoms with Crippen LogP contribution in [0, 0.1) is 5.92 Å². The van der Waals surface area contributed by atoms with Gasteiger partial charge in [0.1, 0.15) is 0 Å². The molecule has 1 rings (SSSR count). The van der Waals surface area contributed by atoms with Crippen LogP contribution in [0.1, 0.15) is 46.5 Å². The number of hydrogen-bond donors (Lipinski definition) is 3. The molecule has 20 heavy (non-hydrogen) atoms. The Morgan fingerprint density at radius 2 is 1.95 bits per heavy atom. The van der Waals surface area contributed by atoms with E-state index in [4.69, 9.17) is 10.5 Å². The quantitative estimate of drug-likeness (QED) is 0.611. The largest absolute Gasteiger partial charge is 0.466 e. The number of nitrogens with one attached hydrogen (secondary N) is 1. The SMILES string of the molecule is CCOC(=O)C1CCC(O)(CNC(C)(C)C(N)=O)CC1. The van der Waals surface area contributed by atoms with Gasteiger partial charge in [0.25, 0.3) is 0 Å². The summed E-state index contributed by atoms with van der Waals surface area (Å²) in [6.07, 6.45) is 2.23. The van der Waals surface area contributed by atoms with Crippen LogP contribution in [-0.4, -0.2) is 41.3 Å². The highest BCUT2D eigenvalue weighted by molar-refractivity contribution is 5.83. The lowest BCUT2D eigenvalue weighted by Crippen LogP contribution is -2.56. The van der Waals surface area contributed by atoms with Gasteiger partial charge in [0.15, 0.2) is 0 Å². The molecule has 0 aromatic heterocycles. The summed E-state index contributed by atoms with van der Waals surface area (Å²) in [6, 6.07) is 0. The zero-order chi connectivity index (χ0) is 15.4. The van der Waals surface area contributed by atoms with Crippen LogP contribution >= 0.6 is 0 Å². The number of nitrogens with two attached hydrogens (primary N) is 1. The van der Waals surface area contributed by atoms with Crippen LogP contribution in [0.25, 0.3) is 0 Å². The van der Waals surface area contributed by atoms with Crippen molar-refractivity contribution in [2.24, 2.45) is 11.7 Å². The number of carbonyl (C=O) groups excluding carboxylic acids is 2. The predicted molar refractivity (Wildman–Crippen MR) is 74.8 cm³/mol. The van der Waals surface area contributed by atoms with Crippen molar-refractivity contribution in [2.75, 3.05) is 13.2 Å². The van der Waals surface area contributed by atoms with Gasteiger partial charge < -0.3 is 20.9 Å². The molecule has 1 aliphatic rings. The van der Waals surface area contributed by atoms with E-state index in [0.29, 0.717) is 38.8 Å². The minimum Gasteiger partial charge on any atom is -0.466 e. The van der Waals surface area contributed by atoms with Crippen molar-refractivity contribution in [3.8, 4) is 0 Å². The topological polar surface area (TPSA) is 102 Å². The van der Waals surface area contributed by atoms with E-state index in [0.717, 1.165) is 0 Å². The molecule has 0 unspecified atom stereocenters. The number of aliphatic hydroxyl groups is 1. The van der Waals surface area contributed by atoms with Gasteiger partial charge in [-0.1, -0.05) is 0 Å². The minimum atomic E-state index is -0.893. The number of esters is 1. The van der Waals surface area contributed by atoms with Crippen LogP contribution < -0.4 is 11.1 Å². The van der Waals surface area contributed by atoms with Crippen molar-refractivity contribution in [3.63, 3.8) is 0 Å². The third kappa shape index (κ3) is 4.45.